The van der Waals surface area contributed by atoms with Crippen molar-refractivity contribution in [3.05, 3.63) is 29.0 Å². The predicted octanol–water partition coefficient (Wildman–Crippen LogP) is 2.17. The van der Waals surface area contributed by atoms with E-state index in [9.17, 15) is 4.79 Å². The third-order valence-corrected chi connectivity index (χ3v) is 5.79. The Morgan fingerprint density at radius 2 is 2.28 bits per heavy atom. The Bertz CT molecular complexity index is 780. The first kappa shape index (κ1) is 16.4. The second-order valence-electron chi connectivity index (χ2n) is 6.62. The topological polar surface area (TPSA) is 80.2 Å². The molecule has 0 aliphatic carbocycles. The number of aromatic nitrogens is 3. The van der Waals surface area contributed by atoms with Crippen molar-refractivity contribution in [2.75, 3.05) is 23.3 Å². The number of piperidine rings is 1. The van der Waals surface area contributed by atoms with Gasteiger partial charge in [-0.2, -0.15) is 0 Å². The third-order valence-electron chi connectivity index (χ3n) is 4.89. The Balaban J connectivity index is 1.39. The summed E-state index contributed by atoms with van der Waals surface area (Å²) in [5.74, 6) is 0.347. The largest absolute Gasteiger partial charge is 0.363 e. The zero-order chi connectivity index (χ0) is 17.4. The lowest BCUT2D eigenvalue weighted by molar-refractivity contribution is -0.126. The molecule has 3 atom stereocenters. The average Bonchev–Trinajstić information content (AvgIpc) is 3.22. The van der Waals surface area contributed by atoms with Crippen molar-refractivity contribution < 1.29 is 9.53 Å². The smallest absolute Gasteiger partial charge is 0.253 e. The first-order chi connectivity index (χ1) is 12.1. The molecule has 2 aliphatic heterocycles. The van der Waals surface area contributed by atoms with Crippen molar-refractivity contribution in [2.24, 2.45) is 5.92 Å². The zero-order valence-electron chi connectivity index (χ0n) is 14.3. The van der Waals surface area contributed by atoms with Crippen LogP contribution in [0.4, 0.5) is 10.8 Å². The molecule has 132 valence electrons. The summed E-state index contributed by atoms with van der Waals surface area (Å²) in [5, 5.41) is 13.2. The Morgan fingerprint density at radius 1 is 1.40 bits per heavy atom. The predicted molar refractivity (Wildman–Crippen MR) is 95.8 cm³/mol. The summed E-state index contributed by atoms with van der Waals surface area (Å²) < 4.78 is 6.08. The summed E-state index contributed by atoms with van der Waals surface area (Å²) in [7, 11) is 0. The fraction of sp³-hybridized carbons (Fsp3) is 0.529. The van der Waals surface area contributed by atoms with Gasteiger partial charge in [-0.3, -0.25) is 9.78 Å². The summed E-state index contributed by atoms with van der Waals surface area (Å²) in [4.78, 5) is 19.0. The normalized spacial score (nSPS) is 25.7. The number of nitrogens with zero attached hydrogens (tertiary/aromatic N) is 4. The lowest BCUT2D eigenvalue weighted by atomic mass is 9.92. The summed E-state index contributed by atoms with van der Waals surface area (Å²) >= 11 is 1.60. The summed E-state index contributed by atoms with van der Waals surface area (Å²) in [6, 6.07) is 3.68. The zero-order valence-corrected chi connectivity index (χ0v) is 15.1. The molecule has 0 saturated carbocycles. The third kappa shape index (κ3) is 3.36. The molecule has 4 heterocycles. The van der Waals surface area contributed by atoms with Crippen molar-refractivity contribution in [2.45, 2.75) is 38.9 Å². The second-order valence-corrected chi connectivity index (χ2v) is 7.78. The van der Waals surface area contributed by atoms with Crippen molar-refractivity contribution in [1.82, 2.24) is 15.2 Å². The van der Waals surface area contributed by atoms with Gasteiger partial charge >= 0.3 is 0 Å². The first-order valence-electron chi connectivity index (χ1n) is 8.53. The molecule has 8 heteroatoms. The highest BCUT2D eigenvalue weighted by atomic mass is 32.1. The van der Waals surface area contributed by atoms with Crippen LogP contribution in [0.1, 0.15) is 23.5 Å². The number of pyridine rings is 1. The highest BCUT2D eigenvalue weighted by molar-refractivity contribution is 7.15. The number of ether oxygens (including phenoxy) is 1. The van der Waals surface area contributed by atoms with Crippen LogP contribution in [-0.4, -0.2) is 46.4 Å². The van der Waals surface area contributed by atoms with E-state index in [-0.39, 0.29) is 12.0 Å². The summed E-state index contributed by atoms with van der Waals surface area (Å²) in [6.45, 7) is 5.55. The van der Waals surface area contributed by atoms with Gasteiger partial charge in [0.25, 0.3) is 5.91 Å². The molecule has 4 rings (SSSR count). The Hall–Kier alpha value is -2.06. The van der Waals surface area contributed by atoms with Gasteiger partial charge in [0.05, 0.1) is 17.5 Å². The number of hydrogen-bond acceptors (Lipinski definition) is 7. The highest BCUT2D eigenvalue weighted by Gasteiger charge is 2.42. The molecular weight excluding hydrogens is 338 g/mol. The lowest BCUT2D eigenvalue weighted by Gasteiger charge is -2.33. The number of amides is 1. The van der Waals surface area contributed by atoms with Gasteiger partial charge in [-0.15, -0.1) is 10.2 Å². The van der Waals surface area contributed by atoms with Crippen LogP contribution in [0.2, 0.25) is 0 Å². The molecule has 2 aromatic rings. The van der Waals surface area contributed by atoms with E-state index in [1.54, 1.807) is 17.5 Å². The lowest BCUT2D eigenvalue weighted by Crippen LogP contribution is -2.42. The molecule has 0 unspecified atom stereocenters. The number of nitrogens with one attached hydrogen (secondary N) is 1. The van der Waals surface area contributed by atoms with E-state index in [1.165, 1.54) is 0 Å². The van der Waals surface area contributed by atoms with Crippen LogP contribution in [-0.2, 0) is 9.53 Å². The molecule has 0 spiro atoms. The van der Waals surface area contributed by atoms with Crippen molar-refractivity contribution >= 4 is 28.1 Å². The van der Waals surface area contributed by atoms with E-state index in [0.29, 0.717) is 5.92 Å². The van der Waals surface area contributed by atoms with Crippen LogP contribution in [0.5, 0.6) is 0 Å². The molecule has 0 aromatic carbocycles. The maximum Gasteiger partial charge on any atom is 0.253 e. The molecule has 1 amide bonds. The summed E-state index contributed by atoms with van der Waals surface area (Å²) in [5.41, 5.74) is 1.56. The first-order valence-corrected chi connectivity index (χ1v) is 9.35. The van der Waals surface area contributed by atoms with Gasteiger partial charge in [-0.1, -0.05) is 11.3 Å². The van der Waals surface area contributed by atoms with E-state index < -0.39 is 6.10 Å². The number of carbonyl (C=O) groups is 1. The van der Waals surface area contributed by atoms with Crippen LogP contribution in [0.25, 0.3) is 0 Å². The quantitative estimate of drug-likeness (QED) is 0.905. The Morgan fingerprint density at radius 3 is 3.04 bits per heavy atom. The van der Waals surface area contributed by atoms with Crippen molar-refractivity contribution in [1.29, 1.82) is 0 Å². The van der Waals surface area contributed by atoms with Gasteiger partial charge in [0, 0.05) is 19.3 Å². The van der Waals surface area contributed by atoms with Gasteiger partial charge in [0.2, 0.25) is 5.13 Å². The van der Waals surface area contributed by atoms with E-state index >= 15 is 0 Å². The minimum atomic E-state index is -0.397. The van der Waals surface area contributed by atoms with Gasteiger partial charge in [-0.25, -0.2) is 0 Å². The fourth-order valence-electron chi connectivity index (χ4n) is 3.52. The molecule has 7 nitrogen and oxygen atoms in total. The SMILES string of the molecule is Cc1nnc(N2CC[C@@H]3C[C@@H](C(=O)Nc4cccnc4C)O[C@H]3C2)s1. The van der Waals surface area contributed by atoms with Crippen LogP contribution < -0.4 is 10.2 Å². The molecule has 1 N–H and O–H groups in total. The van der Waals surface area contributed by atoms with Crippen LogP contribution in [0.3, 0.4) is 0 Å². The minimum absolute atomic E-state index is 0.0729. The van der Waals surface area contributed by atoms with Gasteiger partial charge in [-0.05, 0) is 44.7 Å². The number of carbonyl (C=O) groups excluding carboxylic acids is 1. The van der Waals surface area contributed by atoms with E-state index in [1.807, 2.05) is 26.0 Å². The van der Waals surface area contributed by atoms with Crippen LogP contribution in [0, 0.1) is 19.8 Å². The van der Waals surface area contributed by atoms with Crippen molar-refractivity contribution in [3.8, 4) is 0 Å². The van der Waals surface area contributed by atoms with Crippen molar-refractivity contribution in [3.63, 3.8) is 0 Å². The van der Waals surface area contributed by atoms with Crippen LogP contribution in [0.15, 0.2) is 18.3 Å². The van der Waals surface area contributed by atoms with E-state index in [2.05, 4.69) is 25.4 Å². The van der Waals surface area contributed by atoms with Gasteiger partial charge < -0.3 is 15.0 Å². The number of hydrogen-bond donors (Lipinski definition) is 1. The molecule has 2 aromatic heterocycles. The number of aryl methyl sites for hydroxylation is 2. The number of rotatable bonds is 3. The Labute approximate surface area is 150 Å². The molecule has 2 fully saturated rings. The van der Waals surface area contributed by atoms with Gasteiger partial charge in [0.15, 0.2) is 0 Å². The number of fused-ring (bicyclic) bond motifs is 1. The number of anilines is 2. The molecule has 2 saturated heterocycles. The molecular formula is C17H21N5O2S. The maximum atomic E-state index is 12.6. The monoisotopic (exact) mass is 359 g/mol. The highest BCUT2D eigenvalue weighted by Crippen LogP contribution is 2.36. The molecule has 2 aliphatic rings. The van der Waals surface area contributed by atoms with Crippen LogP contribution >= 0.6 is 11.3 Å². The molecule has 0 bridgehead atoms. The standard InChI is InChI=1S/C17H21N5O2S/c1-10-13(4-3-6-18-10)19-16(23)14-8-12-5-7-22(9-15(12)24-14)17-21-20-11(2)25-17/h3-4,6,12,14-15H,5,7-9H2,1-2H3,(H,19,23)/t12-,14+,15+/m1/s1. The molecule has 25 heavy (non-hydrogen) atoms. The Kier molecular flexibility index (Phi) is 4.39. The van der Waals surface area contributed by atoms with E-state index in [4.69, 9.17) is 4.74 Å². The van der Waals surface area contributed by atoms with E-state index in [0.717, 1.165) is 47.5 Å². The molecule has 0 radical (unpaired) electrons. The summed E-state index contributed by atoms with van der Waals surface area (Å²) in [6.07, 6.45) is 3.18. The maximum absolute atomic E-state index is 12.6. The van der Waals surface area contributed by atoms with Gasteiger partial charge in [0.1, 0.15) is 11.1 Å². The minimum Gasteiger partial charge on any atom is -0.363 e. The fourth-order valence-corrected chi connectivity index (χ4v) is 4.24. The average molecular weight is 359 g/mol. The second kappa shape index (κ2) is 6.68.